The standard InChI is InChI=1S/C21H22ClN3O2S/c1-14-3-2-4-16(11-14)24-7-9-25(10-8-24)20(26)13-19-21(27)23-17-12-15(22)5-6-18(17)28-19/h2-6,11-12,19H,7-10,13H2,1H3,(H,23,27)/t19-/m0/s1. The van der Waals surface area contributed by atoms with Gasteiger partial charge in [0.25, 0.3) is 0 Å². The number of piperazine rings is 1. The smallest absolute Gasteiger partial charge is 0.238 e. The van der Waals surface area contributed by atoms with Gasteiger partial charge >= 0.3 is 0 Å². The van der Waals surface area contributed by atoms with E-state index in [9.17, 15) is 9.59 Å². The molecule has 0 radical (unpaired) electrons. The Hall–Kier alpha value is -2.18. The van der Waals surface area contributed by atoms with Gasteiger partial charge < -0.3 is 15.1 Å². The molecule has 0 aliphatic carbocycles. The molecule has 0 aromatic heterocycles. The summed E-state index contributed by atoms with van der Waals surface area (Å²) in [5, 5.41) is 3.05. The summed E-state index contributed by atoms with van der Waals surface area (Å²) in [6.07, 6.45) is 0.211. The summed E-state index contributed by atoms with van der Waals surface area (Å²) in [5.41, 5.74) is 3.15. The zero-order valence-electron chi connectivity index (χ0n) is 15.7. The summed E-state index contributed by atoms with van der Waals surface area (Å²) in [7, 11) is 0. The van der Waals surface area contributed by atoms with E-state index >= 15 is 0 Å². The lowest BCUT2D eigenvalue weighted by Crippen LogP contribution is -2.49. The van der Waals surface area contributed by atoms with Crippen molar-refractivity contribution in [3.63, 3.8) is 0 Å². The third kappa shape index (κ3) is 4.13. The largest absolute Gasteiger partial charge is 0.368 e. The van der Waals surface area contributed by atoms with Gasteiger partial charge in [-0.2, -0.15) is 0 Å². The van der Waals surface area contributed by atoms with Crippen LogP contribution in [0.5, 0.6) is 0 Å². The molecule has 0 spiro atoms. The van der Waals surface area contributed by atoms with Crippen molar-refractivity contribution in [1.82, 2.24) is 4.90 Å². The van der Waals surface area contributed by atoms with Crippen LogP contribution in [0.25, 0.3) is 0 Å². The molecule has 2 heterocycles. The minimum Gasteiger partial charge on any atom is -0.368 e. The summed E-state index contributed by atoms with van der Waals surface area (Å²) in [6, 6.07) is 13.9. The minimum absolute atomic E-state index is 0.0361. The maximum atomic E-state index is 12.8. The van der Waals surface area contributed by atoms with Crippen molar-refractivity contribution < 1.29 is 9.59 Å². The molecule has 4 rings (SSSR count). The first-order chi connectivity index (χ1) is 13.5. The van der Waals surface area contributed by atoms with Crippen LogP contribution < -0.4 is 10.2 Å². The fourth-order valence-electron chi connectivity index (χ4n) is 3.58. The maximum absolute atomic E-state index is 12.8. The molecule has 0 bridgehead atoms. The van der Waals surface area contributed by atoms with E-state index in [0.29, 0.717) is 18.1 Å². The zero-order valence-corrected chi connectivity index (χ0v) is 17.2. The van der Waals surface area contributed by atoms with Gasteiger partial charge in [0.15, 0.2) is 0 Å². The van der Waals surface area contributed by atoms with Gasteiger partial charge in [-0.25, -0.2) is 0 Å². The molecule has 146 valence electrons. The molecule has 1 saturated heterocycles. The van der Waals surface area contributed by atoms with Crippen LogP contribution in [0.3, 0.4) is 0 Å². The van der Waals surface area contributed by atoms with Crippen molar-refractivity contribution in [2.75, 3.05) is 36.4 Å². The summed E-state index contributed by atoms with van der Waals surface area (Å²) < 4.78 is 0. The number of rotatable bonds is 3. The number of aryl methyl sites for hydroxylation is 1. The molecule has 7 heteroatoms. The molecular weight excluding hydrogens is 394 g/mol. The molecular formula is C21H22ClN3O2S. The Balaban J connectivity index is 1.35. The Bertz CT molecular complexity index is 912. The second kappa shape index (κ2) is 8.05. The average Bonchev–Trinajstić information content (AvgIpc) is 2.69. The Labute approximate surface area is 174 Å². The maximum Gasteiger partial charge on any atom is 0.238 e. The van der Waals surface area contributed by atoms with E-state index in [4.69, 9.17) is 11.6 Å². The molecule has 1 atom stereocenters. The number of carbonyl (C=O) groups excluding carboxylic acids is 2. The number of anilines is 2. The summed E-state index contributed by atoms with van der Waals surface area (Å²) >= 11 is 7.42. The van der Waals surface area contributed by atoms with E-state index in [1.54, 1.807) is 12.1 Å². The predicted octanol–water partition coefficient (Wildman–Crippen LogP) is 3.80. The first-order valence-electron chi connectivity index (χ1n) is 9.36. The number of hydrogen-bond donors (Lipinski definition) is 1. The summed E-state index contributed by atoms with van der Waals surface area (Å²) in [4.78, 5) is 30.3. The van der Waals surface area contributed by atoms with Crippen molar-refractivity contribution in [3.8, 4) is 0 Å². The van der Waals surface area contributed by atoms with Crippen molar-refractivity contribution in [2.24, 2.45) is 0 Å². The monoisotopic (exact) mass is 415 g/mol. The van der Waals surface area contributed by atoms with Gasteiger partial charge in [-0.1, -0.05) is 23.7 Å². The van der Waals surface area contributed by atoms with E-state index in [1.165, 1.54) is 23.0 Å². The van der Waals surface area contributed by atoms with Gasteiger partial charge in [0.1, 0.15) is 0 Å². The first-order valence-corrected chi connectivity index (χ1v) is 10.6. The molecule has 2 aliphatic heterocycles. The predicted molar refractivity (Wildman–Crippen MR) is 114 cm³/mol. The highest BCUT2D eigenvalue weighted by atomic mass is 35.5. The second-order valence-corrected chi connectivity index (χ2v) is 8.83. The van der Waals surface area contributed by atoms with E-state index in [0.717, 1.165) is 23.7 Å². The van der Waals surface area contributed by atoms with Crippen molar-refractivity contribution in [2.45, 2.75) is 23.5 Å². The minimum atomic E-state index is -0.407. The normalized spacial score (nSPS) is 19.2. The van der Waals surface area contributed by atoms with Crippen LogP contribution in [-0.2, 0) is 9.59 Å². The molecule has 1 N–H and O–H groups in total. The van der Waals surface area contributed by atoms with Crippen LogP contribution in [0.1, 0.15) is 12.0 Å². The van der Waals surface area contributed by atoms with E-state index in [-0.39, 0.29) is 18.2 Å². The van der Waals surface area contributed by atoms with E-state index < -0.39 is 5.25 Å². The van der Waals surface area contributed by atoms with Crippen LogP contribution in [0.4, 0.5) is 11.4 Å². The van der Waals surface area contributed by atoms with Crippen LogP contribution in [-0.4, -0.2) is 48.1 Å². The van der Waals surface area contributed by atoms with Crippen molar-refractivity contribution in [3.05, 3.63) is 53.1 Å². The number of carbonyl (C=O) groups is 2. The first kappa shape index (κ1) is 19.2. The number of amides is 2. The average molecular weight is 416 g/mol. The van der Waals surface area contributed by atoms with Gasteiger partial charge in [0.2, 0.25) is 11.8 Å². The Morgan fingerprint density at radius 3 is 2.71 bits per heavy atom. The zero-order chi connectivity index (χ0) is 19.7. The Kier molecular flexibility index (Phi) is 5.51. The fraction of sp³-hybridized carbons (Fsp3) is 0.333. The number of benzene rings is 2. The lowest BCUT2D eigenvalue weighted by molar-refractivity contribution is -0.132. The molecule has 2 aromatic carbocycles. The summed E-state index contributed by atoms with van der Waals surface area (Å²) in [5.74, 6) is -0.0968. The van der Waals surface area contributed by atoms with Gasteiger partial charge in [0, 0.05) is 48.2 Å². The number of fused-ring (bicyclic) bond motifs is 1. The molecule has 1 fully saturated rings. The topological polar surface area (TPSA) is 52.6 Å². The lowest BCUT2D eigenvalue weighted by atomic mass is 10.1. The molecule has 2 aromatic rings. The Morgan fingerprint density at radius 1 is 1.18 bits per heavy atom. The molecule has 2 amide bonds. The third-order valence-electron chi connectivity index (χ3n) is 5.12. The molecule has 0 unspecified atom stereocenters. The van der Waals surface area contributed by atoms with Crippen molar-refractivity contribution >= 4 is 46.6 Å². The highest BCUT2D eigenvalue weighted by Crippen LogP contribution is 2.38. The van der Waals surface area contributed by atoms with Gasteiger partial charge in [0.05, 0.1) is 10.9 Å². The molecule has 0 saturated carbocycles. The van der Waals surface area contributed by atoms with Crippen molar-refractivity contribution in [1.29, 1.82) is 0 Å². The van der Waals surface area contributed by atoms with Gasteiger partial charge in [-0.3, -0.25) is 9.59 Å². The third-order valence-corrected chi connectivity index (χ3v) is 6.63. The molecule has 28 heavy (non-hydrogen) atoms. The quantitative estimate of drug-likeness (QED) is 0.828. The van der Waals surface area contributed by atoms with Crippen LogP contribution >= 0.6 is 23.4 Å². The Morgan fingerprint density at radius 2 is 1.96 bits per heavy atom. The lowest BCUT2D eigenvalue weighted by Gasteiger charge is -2.37. The number of hydrogen-bond acceptors (Lipinski definition) is 4. The number of halogens is 1. The summed E-state index contributed by atoms with van der Waals surface area (Å²) in [6.45, 7) is 5.05. The molecule has 2 aliphatic rings. The van der Waals surface area contributed by atoms with Crippen LogP contribution in [0, 0.1) is 6.92 Å². The van der Waals surface area contributed by atoms with E-state index in [2.05, 4.69) is 41.4 Å². The number of thioether (sulfide) groups is 1. The van der Waals surface area contributed by atoms with Gasteiger partial charge in [-0.05, 0) is 42.8 Å². The van der Waals surface area contributed by atoms with Crippen LogP contribution in [0.2, 0.25) is 5.02 Å². The highest BCUT2D eigenvalue weighted by molar-refractivity contribution is 8.01. The fourth-order valence-corrected chi connectivity index (χ4v) is 4.84. The van der Waals surface area contributed by atoms with Gasteiger partial charge in [-0.15, -0.1) is 11.8 Å². The van der Waals surface area contributed by atoms with Crippen LogP contribution in [0.15, 0.2) is 47.4 Å². The SMILES string of the molecule is Cc1cccc(N2CCN(C(=O)C[C@@H]3Sc4ccc(Cl)cc4NC3=O)CC2)c1. The number of nitrogens with one attached hydrogen (secondary N) is 1. The highest BCUT2D eigenvalue weighted by Gasteiger charge is 2.31. The number of nitrogens with zero attached hydrogens (tertiary/aromatic N) is 2. The molecule has 5 nitrogen and oxygen atoms in total. The second-order valence-electron chi connectivity index (χ2n) is 7.15. The van der Waals surface area contributed by atoms with E-state index in [1.807, 2.05) is 11.0 Å².